The summed E-state index contributed by atoms with van der Waals surface area (Å²) in [4.78, 5) is 23.9. The lowest BCUT2D eigenvalue weighted by atomic mass is 9.72. The number of nitrogens with one attached hydrogen (secondary N) is 2. The first-order valence-electron chi connectivity index (χ1n) is 8.11. The van der Waals surface area contributed by atoms with E-state index in [9.17, 15) is 23.0 Å². The smallest absolute Gasteiger partial charge is 0.534 e. The first-order valence-corrected chi connectivity index (χ1v) is 9.77. The Hall–Kier alpha value is -2.11. The van der Waals surface area contributed by atoms with Crippen molar-refractivity contribution in [3.05, 3.63) is 29.3 Å². The summed E-state index contributed by atoms with van der Waals surface area (Å²) >= 11 is 0. The Bertz CT molecular complexity index is 784. The number of para-hydroxylation sites is 1. The van der Waals surface area contributed by atoms with E-state index in [1.807, 2.05) is 0 Å². The fourth-order valence-electron chi connectivity index (χ4n) is 2.53. The van der Waals surface area contributed by atoms with E-state index in [1.165, 1.54) is 13.1 Å². The number of hydrogen-bond acceptors (Lipinski definition) is 7. The highest BCUT2D eigenvalue weighted by molar-refractivity contribution is 7.89. The molecule has 0 aliphatic carbocycles. The zero-order valence-corrected chi connectivity index (χ0v) is 15.3. The van der Waals surface area contributed by atoms with E-state index >= 15 is 0 Å². The lowest BCUT2D eigenvalue weighted by molar-refractivity contribution is -0.121. The Morgan fingerprint density at radius 1 is 1.42 bits per heavy atom. The molecule has 0 saturated carbocycles. The Kier molecular flexibility index (Phi) is 6.62. The molecule has 0 bridgehead atoms. The molecule has 1 aromatic rings. The van der Waals surface area contributed by atoms with Crippen molar-refractivity contribution in [2.45, 2.75) is 25.7 Å². The quantitative estimate of drug-likeness (QED) is 0.416. The van der Waals surface area contributed by atoms with Gasteiger partial charge in [-0.25, -0.2) is 17.9 Å². The van der Waals surface area contributed by atoms with E-state index in [1.54, 1.807) is 19.1 Å². The zero-order valence-electron chi connectivity index (χ0n) is 14.5. The van der Waals surface area contributed by atoms with Crippen LogP contribution in [0.15, 0.2) is 18.2 Å². The van der Waals surface area contributed by atoms with Gasteiger partial charge in [0.2, 0.25) is 15.9 Å². The third kappa shape index (κ3) is 4.96. The molecule has 1 aromatic carbocycles. The summed E-state index contributed by atoms with van der Waals surface area (Å²) < 4.78 is 35.2. The van der Waals surface area contributed by atoms with E-state index in [-0.39, 0.29) is 36.5 Å². The van der Waals surface area contributed by atoms with Crippen LogP contribution in [0, 0.1) is 0 Å². The van der Waals surface area contributed by atoms with Gasteiger partial charge in [0.15, 0.2) is 0 Å². The van der Waals surface area contributed by atoms with Gasteiger partial charge >= 0.3 is 13.1 Å². The summed E-state index contributed by atoms with van der Waals surface area (Å²) in [5.41, 5.74) is 0.835. The van der Waals surface area contributed by atoms with Gasteiger partial charge in [-0.2, -0.15) is 0 Å². The third-order valence-corrected chi connectivity index (χ3v) is 5.23. The van der Waals surface area contributed by atoms with Crippen molar-refractivity contribution in [3.63, 3.8) is 0 Å². The van der Waals surface area contributed by atoms with Gasteiger partial charge in [-0.1, -0.05) is 12.1 Å². The second-order valence-corrected chi connectivity index (χ2v) is 7.72. The molecule has 1 atom stereocenters. The molecule has 1 aliphatic rings. The van der Waals surface area contributed by atoms with Crippen molar-refractivity contribution in [3.8, 4) is 5.75 Å². The average molecular weight is 384 g/mol. The Morgan fingerprint density at radius 2 is 2.15 bits per heavy atom. The SMILES string of the molecule is CCOC(=O)c1cccc2c1OB(O)C(NC(=O)CCS(=O)(=O)NC)C2. The number of ether oxygens (including phenoxy) is 1. The first kappa shape index (κ1) is 20.2. The molecule has 1 aliphatic heterocycles. The topological polar surface area (TPSA) is 131 Å². The molecule has 1 unspecified atom stereocenters. The second kappa shape index (κ2) is 8.52. The van der Waals surface area contributed by atoms with Gasteiger partial charge in [0.05, 0.1) is 18.3 Å². The summed E-state index contributed by atoms with van der Waals surface area (Å²) in [5, 5.41) is 12.7. The van der Waals surface area contributed by atoms with Crippen LogP contribution in [-0.4, -0.2) is 57.8 Å². The maximum atomic E-state index is 12.0. The summed E-state index contributed by atoms with van der Waals surface area (Å²) in [6.07, 6.45) is -0.0175. The average Bonchev–Trinajstić information content (AvgIpc) is 2.60. The molecule has 0 radical (unpaired) electrons. The first-order chi connectivity index (χ1) is 12.3. The number of sulfonamides is 1. The predicted molar refractivity (Wildman–Crippen MR) is 94.1 cm³/mol. The van der Waals surface area contributed by atoms with Crippen LogP contribution in [0.1, 0.15) is 29.3 Å². The molecule has 2 rings (SSSR count). The Labute approximate surface area is 152 Å². The predicted octanol–water partition coefficient (Wildman–Crippen LogP) is -0.758. The molecule has 11 heteroatoms. The van der Waals surface area contributed by atoms with Crippen molar-refractivity contribution < 1.29 is 32.4 Å². The Balaban J connectivity index is 2.07. The van der Waals surface area contributed by atoms with Crippen LogP contribution >= 0.6 is 0 Å². The van der Waals surface area contributed by atoms with E-state index in [2.05, 4.69) is 10.0 Å². The third-order valence-electron chi connectivity index (χ3n) is 3.87. The minimum absolute atomic E-state index is 0.202. The van der Waals surface area contributed by atoms with Crippen LogP contribution in [0.5, 0.6) is 5.75 Å². The second-order valence-electron chi connectivity index (χ2n) is 5.67. The molecule has 142 valence electrons. The molecular formula is C15H21BN2O7S. The number of rotatable bonds is 7. The van der Waals surface area contributed by atoms with Crippen molar-refractivity contribution in [1.29, 1.82) is 0 Å². The molecule has 26 heavy (non-hydrogen) atoms. The van der Waals surface area contributed by atoms with Gasteiger partial charge in [-0.3, -0.25) is 4.79 Å². The van der Waals surface area contributed by atoms with Gasteiger partial charge in [0, 0.05) is 6.42 Å². The molecular weight excluding hydrogens is 363 g/mol. The maximum Gasteiger partial charge on any atom is 0.547 e. The van der Waals surface area contributed by atoms with Gasteiger partial charge in [-0.05, 0) is 32.0 Å². The summed E-state index contributed by atoms with van der Waals surface area (Å²) in [6.45, 7) is 1.89. The van der Waals surface area contributed by atoms with Gasteiger partial charge in [0.1, 0.15) is 11.3 Å². The monoisotopic (exact) mass is 384 g/mol. The fourth-order valence-corrected chi connectivity index (χ4v) is 3.18. The number of carbonyl (C=O) groups is 2. The minimum Gasteiger partial charge on any atom is -0.534 e. The molecule has 3 N–H and O–H groups in total. The standard InChI is InChI=1S/C15H21BN2O7S/c1-3-24-15(20)11-6-4-5-10-9-12(16(21)25-14(10)11)18-13(19)7-8-26(22,23)17-2/h4-6,12,17,21H,3,7-9H2,1-2H3,(H,18,19). The molecule has 1 heterocycles. The van der Waals surface area contributed by atoms with E-state index < -0.39 is 35.0 Å². The van der Waals surface area contributed by atoms with E-state index in [4.69, 9.17) is 9.39 Å². The normalized spacial score (nSPS) is 16.4. The van der Waals surface area contributed by atoms with Crippen molar-refractivity contribution in [2.75, 3.05) is 19.4 Å². The number of carbonyl (C=O) groups excluding carboxylic acids is 2. The van der Waals surface area contributed by atoms with Crippen LogP contribution in [0.3, 0.4) is 0 Å². The molecule has 0 saturated heterocycles. The molecule has 1 amide bonds. The molecule has 9 nitrogen and oxygen atoms in total. The highest BCUT2D eigenvalue weighted by atomic mass is 32.2. The Morgan fingerprint density at radius 3 is 2.81 bits per heavy atom. The van der Waals surface area contributed by atoms with Crippen LogP contribution in [0.25, 0.3) is 0 Å². The highest BCUT2D eigenvalue weighted by Crippen LogP contribution is 2.30. The fraction of sp³-hybridized carbons (Fsp3) is 0.467. The molecule has 0 fully saturated rings. The summed E-state index contributed by atoms with van der Waals surface area (Å²) in [6, 6.07) is 4.91. The lowest BCUT2D eigenvalue weighted by Crippen LogP contribution is -2.53. The minimum atomic E-state index is -3.49. The van der Waals surface area contributed by atoms with Crippen LogP contribution in [0.4, 0.5) is 0 Å². The summed E-state index contributed by atoms with van der Waals surface area (Å²) in [5.74, 6) is -1.98. The summed E-state index contributed by atoms with van der Waals surface area (Å²) in [7, 11) is -3.60. The van der Waals surface area contributed by atoms with Gasteiger partial charge in [0.25, 0.3) is 0 Å². The number of esters is 1. The van der Waals surface area contributed by atoms with E-state index in [0.717, 1.165) is 0 Å². The lowest BCUT2D eigenvalue weighted by Gasteiger charge is -2.29. The van der Waals surface area contributed by atoms with Crippen molar-refractivity contribution in [2.24, 2.45) is 0 Å². The molecule has 0 aromatic heterocycles. The highest BCUT2D eigenvalue weighted by Gasteiger charge is 2.37. The largest absolute Gasteiger partial charge is 0.547 e. The zero-order chi connectivity index (χ0) is 19.3. The van der Waals surface area contributed by atoms with E-state index in [0.29, 0.717) is 5.56 Å². The maximum absolute atomic E-state index is 12.0. The number of fused-ring (bicyclic) bond motifs is 1. The van der Waals surface area contributed by atoms with Crippen LogP contribution in [-0.2, 0) is 26.0 Å². The molecule has 0 spiro atoms. The van der Waals surface area contributed by atoms with Gasteiger partial charge < -0.3 is 19.7 Å². The van der Waals surface area contributed by atoms with Crippen molar-refractivity contribution >= 4 is 29.0 Å². The number of benzene rings is 1. The number of hydrogen-bond donors (Lipinski definition) is 3. The van der Waals surface area contributed by atoms with Crippen LogP contribution < -0.4 is 14.7 Å². The van der Waals surface area contributed by atoms with Crippen molar-refractivity contribution in [1.82, 2.24) is 10.0 Å². The van der Waals surface area contributed by atoms with Gasteiger partial charge in [-0.15, -0.1) is 0 Å². The van der Waals surface area contributed by atoms with Crippen LogP contribution in [0.2, 0.25) is 0 Å². The number of amides is 1.